The number of hydrogen-bond acceptors (Lipinski definition) is 3. The molecule has 0 saturated carbocycles. The maximum atomic E-state index is 12.9. The number of anilines is 1. The second-order valence-corrected chi connectivity index (χ2v) is 6.34. The molecule has 2 aromatic rings. The molecule has 0 N–H and O–H groups in total. The molecular weight excluding hydrogens is 326 g/mol. The van der Waals surface area contributed by atoms with Crippen molar-refractivity contribution in [2.75, 3.05) is 11.4 Å². The van der Waals surface area contributed by atoms with Gasteiger partial charge >= 0.3 is 0 Å². The second kappa shape index (κ2) is 8.82. The minimum atomic E-state index is -0.274. The fraction of sp³-hybridized carbons (Fsp3) is 0.286. The van der Waals surface area contributed by atoms with E-state index in [-0.39, 0.29) is 24.4 Å². The molecule has 2 amide bonds. The van der Waals surface area contributed by atoms with Crippen molar-refractivity contribution >= 4 is 17.5 Å². The maximum absolute atomic E-state index is 12.9. The van der Waals surface area contributed by atoms with Crippen LogP contribution in [0.3, 0.4) is 0 Å². The first kappa shape index (κ1) is 19.2. The number of benzene rings is 2. The maximum Gasteiger partial charge on any atom is 0.243 e. The van der Waals surface area contributed by atoms with Crippen molar-refractivity contribution in [3.05, 3.63) is 65.7 Å². The van der Waals surface area contributed by atoms with Gasteiger partial charge in [-0.05, 0) is 31.5 Å². The first-order chi connectivity index (χ1) is 12.4. The standard InChI is InChI=1S/C21H23N3O2/c1-16(2)23(14-18-9-5-4-6-10-18)21(26)15-24(17(3)25)20-12-8-7-11-19(20)13-22/h4-12,16H,14-15H2,1-3H3. The lowest BCUT2D eigenvalue weighted by Gasteiger charge is -2.30. The van der Waals surface area contributed by atoms with Crippen LogP contribution in [0, 0.1) is 11.3 Å². The molecule has 0 radical (unpaired) electrons. The molecule has 0 aromatic heterocycles. The third-order valence-corrected chi connectivity index (χ3v) is 4.13. The molecule has 2 rings (SSSR count). The van der Waals surface area contributed by atoms with Crippen molar-refractivity contribution < 1.29 is 9.59 Å². The van der Waals surface area contributed by atoms with E-state index in [4.69, 9.17) is 0 Å². The minimum absolute atomic E-state index is 0.0114. The van der Waals surface area contributed by atoms with Crippen molar-refractivity contribution in [1.82, 2.24) is 4.90 Å². The Hall–Kier alpha value is -3.13. The average Bonchev–Trinajstić information content (AvgIpc) is 2.64. The number of carbonyl (C=O) groups excluding carboxylic acids is 2. The summed E-state index contributed by atoms with van der Waals surface area (Å²) in [7, 11) is 0. The highest BCUT2D eigenvalue weighted by Crippen LogP contribution is 2.20. The molecule has 0 atom stereocenters. The number of nitrogens with zero attached hydrogens (tertiary/aromatic N) is 3. The number of carbonyl (C=O) groups is 2. The quantitative estimate of drug-likeness (QED) is 0.803. The van der Waals surface area contributed by atoms with Gasteiger partial charge in [-0.25, -0.2) is 0 Å². The Morgan fingerprint density at radius 3 is 2.23 bits per heavy atom. The van der Waals surface area contributed by atoms with Crippen molar-refractivity contribution in [2.45, 2.75) is 33.4 Å². The summed E-state index contributed by atoms with van der Waals surface area (Å²) in [4.78, 5) is 28.2. The Kier molecular flexibility index (Phi) is 6.51. The van der Waals surface area contributed by atoms with Crippen LogP contribution in [-0.2, 0) is 16.1 Å². The van der Waals surface area contributed by atoms with E-state index < -0.39 is 0 Å². The van der Waals surface area contributed by atoms with Crippen LogP contribution < -0.4 is 4.90 Å². The van der Waals surface area contributed by atoms with Gasteiger partial charge in [-0.2, -0.15) is 5.26 Å². The lowest BCUT2D eigenvalue weighted by molar-refractivity contribution is -0.133. The molecule has 2 aromatic carbocycles. The van der Waals surface area contributed by atoms with E-state index in [1.807, 2.05) is 44.2 Å². The van der Waals surface area contributed by atoms with E-state index in [1.54, 1.807) is 29.2 Å². The summed E-state index contributed by atoms with van der Waals surface area (Å²) in [5, 5.41) is 9.29. The second-order valence-electron chi connectivity index (χ2n) is 6.34. The Bertz CT molecular complexity index is 810. The first-order valence-electron chi connectivity index (χ1n) is 8.54. The van der Waals surface area contributed by atoms with Gasteiger partial charge in [0.1, 0.15) is 12.6 Å². The molecular formula is C21H23N3O2. The molecule has 5 nitrogen and oxygen atoms in total. The number of rotatable bonds is 6. The zero-order valence-electron chi connectivity index (χ0n) is 15.3. The summed E-state index contributed by atoms with van der Waals surface area (Å²) in [6.07, 6.45) is 0. The summed E-state index contributed by atoms with van der Waals surface area (Å²) in [6, 6.07) is 18.6. The van der Waals surface area contributed by atoms with Crippen molar-refractivity contribution in [3.8, 4) is 6.07 Å². The van der Waals surface area contributed by atoms with Gasteiger partial charge < -0.3 is 9.80 Å². The predicted octanol–water partition coefficient (Wildman–Crippen LogP) is 3.35. The van der Waals surface area contributed by atoms with Crippen LogP contribution in [0.2, 0.25) is 0 Å². The zero-order valence-corrected chi connectivity index (χ0v) is 15.3. The van der Waals surface area contributed by atoms with Crippen LogP contribution in [0.25, 0.3) is 0 Å². The molecule has 0 unspecified atom stereocenters. The smallest absolute Gasteiger partial charge is 0.243 e. The van der Waals surface area contributed by atoms with Gasteiger partial charge in [-0.1, -0.05) is 42.5 Å². The lowest BCUT2D eigenvalue weighted by atomic mass is 10.1. The van der Waals surface area contributed by atoms with Gasteiger partial charge in [0.2, 0.25) is 11.8 Å². The van der Waals surface area contributed by atoms with E-state index in [2.05, 4.69) is 6.07 Å². The van der Waals surface area contributed by atoms with Gasteiger partial charge in [-0.15, -0.1) is 0 Å². The number of para-hydroxylation sites is 1. The highest BCUT2D eigenvalue weighted by molar-refractivity contribution is 5.98. The monoisotopic (exact) mass is 349 g/mol. The molecule has 0 aliphatic heterocycles. The van der Waals surface area contributed by atoms with Gasteiger partial charge in [0, 0.05) is 19.5 Å². The Morgan fingerprint density at radius 2 is 1.65 bits per heavy atom. The van der Waals surface area contributed by atoms with Crippen LogP contribution in [0.1, 0.15) is 31.9 Å². The summed E-state index contributed by atoms with van der Waals surface area (Å²) in [6.45, 7) is 5.67. The number of hydrogen-bond donors (Lipinski definition) is 0. The van der Waals surface area contributed by atoms with Crippen LogP contribution in [0.4, 0.5) is 5.69 Å². The van der Waals surface area contributed by atoms with Crippen LogP contribution >= 0.6 is 0 Å². The molecule has 0 aliphatic carbocycles. The molecule has 0 fully saturated rings. The normalized spacial score (nSPS) is 10.3. The van der Waals surface area contributed by atoms with Gasteiger partial charge in [0.15, 0.2) is 0 Å². The predicted molar refractivity (Wildman–Crippen MR) is 101 cm³/mol. The fourth-order valence-corrected chi connectivity index (χ4v) is 2.73. The molecule has 0 spiro atoms. The third-order valence-electron chi connectivity index (χ3n) is 4.13. The number of amides is 2. The molecule has 0 heterocycles. The molecule has 134 valence electrons. The Balaban J connectivity index is 2.25. The molecule has 26 heavy (non-hydrogen) atoms. The highest BCUT2D eigenvalue weighted by Gasteiger charge is 2.24. The van der Waals surface area contributed by atoms with Crippen LogP contribution in [0.5, 0.6) is 0 Å². The Morgan fingerprint density at radius 1 is 1.04 bits per heavy atom. The first-order valence-corrected chi connectivity index (χ1v) is 8.54. The minimum Gasteiger partial charge on any atom is -0.334 e. The van der Waals surface area contributed by atoms with Crippen LogP contribution in [-0.4, -0.2) is 29.3 Å². The average molecular weight is 349 g/mol. The molecule has 0 aliphatic rings. The van der Waals surface area contributed by atoms with Gasteiger partial charge in [-0.3, -0.25) is 9.59 Å². The van der Waals surface area contributed by atoms with E-state index in [0.717, 1.165) is 5.56 Å². The van der Waals surface area contributed by atoms with Gasteiger partial charge in [0.25, 0.3) is 0 Å². The van der Waals surface area contributed by atoms with E-state index in [9.17, 15) is 14.9 Å². The zero-order chi connectivity index (χ0) is 19.1. The molecule has 0 bridgehead atoms. The van der Waals surface area contributed by atoms with Crippen molar-refractivity contribution in [1.29, 1.82) is 5.26 Å². The summed E-state index contributed by atoms with van der Waals surface area (Å²) in [5.41, 5.74) is 1.86. The summed E-state index contributed by atoms with van der Waals surface area (Å²) in [5.74, 6) is -0.434. The van der Waals surface area contributed by atoms with Crippen molar-refractivity contribution in [2.24, 2.45) is 0 Å². The fourth-order valence-electron chi connectivity index (χ4n) is 2.73. The summed E-state index contributed by atoms with van der Waals surface area (Å²) >= 11 is 0. The molecule has 0 saturated heterocycles. The Labute approximate surface area is 154 Å². The van der Waals surface area contributed by atoms with Gasteiger partial charge in [0.05, 0.1) is 11.3 Å². The third kappa shape index (κ3) is 4.70. The van der Waals surface area contributed by atoms with E-state index in [0.29, 0.717) is 17.8 Å². The number of nitriles is 1. The summed E-state index contributed by atoms with van der Waals surface area (Å²) < 4.78 is 0. The largest absolute Gasteiger partial charge is 0.334 e. The lowest BCUT2D eigenvalue weighted by Crippen LogP contribution is -2.45. The van der Waals surface area contributed by atoms with Crippen LogP contribution in [0.15, 0.2) is 54.6 Å². The topological polar surface area (TPSA) is 64.4 Å². The SMILES string of the molecule is CC(=O)N(CC(=O)N(Cc1ccccc1)C(C)C)c1ccccc1C#N. The molecule has 5 heteroatoms. The highest BCUT2D eigenvalue weighted by atomic mass is 16.2. The van der Waals surface area contributed by atoms with E-state index >= 15 is 0 Å². The van der Waals surface area contributed by atoms with Crippen molar-refractivity contribution in [3.63, 3.8) is 0 Å². The van der Waals surface area contributed by atoms with E-state index in [1.165, 1.54) is 11.8 Å².